The molecule has 2 aromatic carbocycles. The molecule has 0 fully saturated rings. The molecule has 16 nitrogen and oxygen atoms in total. The highest BCUT2D eigenvalue weighted by Crippen LogP contribution is 2.28. The van der Waals surface area contributed by atoms with E-state index in [1.807, 2.05) is 103 Å². The van der Waals surface area contributed by atoms with Crippen molar-refractivity contribution < 1.29 is 28.2 Å². The van der Waals surface area contributed by atoms with E-state index in [0.29, 0.717) is 22.7 Å². The largest absolute Gasteiger partial charge is 0.459 e. The van der Waals surface area contributed by atoms with Gasteiger partial charge in [-0.25, -0.2) is 24.5 Å². The molecule has 60 heavy (non-hydrogen) atoms. The SMILES string of the molecule is CC(C)(C)OC(=O)n1cc(-c2ccc(Nc3nc(Cl)nc4ccoc34)cc2)cn1.COCCBr.Cc1nccc(Nc2ccc(-c3cnn(C(=O)OC(C)(C)C)c3)cc2)n1. The van der Waals surface area contributed by atoms with Crippen LogP contribution in [0.2, 0.25) is 5.28 Å². The zero-order valence-corrected chi connectivity index (χ0v) is 36.8. The Bertz CT molecular complexity index is 2490. The van der Waals surface area contributed by atoms with E-state index in [1.54, 1.807) is 44.2 Å². The van der Waals surface area contributed by atoms with Crippen LogP contribution in [-0.4, -0.2) is 81.9 Å². The average Bonchev–Trinajstić information content (AvgIpc) is 3.97. The molecule has 0 amide bonds. The molecule has 0 bridgehead atoms. The number of carbonyl (C=O) groups is 2. The lowest BCUT2D eigenvalue weighted by atomic mass is 10.1. The molecule has 18 heteroatoms. The zero-order valence-electron chi connectivity index (χ0n) is 34.4. The Hall–Kier alpha value is -6.17. The number of aromatic nitrogens is 8. The van der Waals surface area contributed by atoms with Crippen LogP contribution < -0.4 is 10.6 Å². The topological polar surface area (TPSA) is 186 Å². The minimum absolute atomic E-state index is 0.132. The van der Waals surface area contributed by atoms with Crippen LogP contribution in [0.25, 0.3) is 33.4 Å². The number of anilines is 4. The Morgan fingerprint density at radius 1 is 0.750 bits per heavy atom. The fourth-order valence-electron chi connectivity index (χ4n) is 5.06. The molecule has 0 saturated carbocycles. The van der Waals surface area contributed by atoms with Gasteiger partial charge in [0.2, 0.25) is 5.28 Å². The molecule has 0 aliphatic carbocycles. The number of alkyl halides is 1. The lowest BCUT2D eigenvalue weighted by Gasteiger charge is -2.18. The second-order valence-electron chi connectivity index (χ2n) is 14.9. The first kappa shape index (κ1) is 44.9. The zero-order chi connectivity index (χ0) is 43.5. The summed E-state index contributed by atoms with van der Waals surface area (Å²) in [7, 11) is 1.68. The van der Waals surface area contributed by atoms with Crippen molar-refractivity contribution in [2.24, 2.45) is 0 Å². The highest BCUT2D eigenvalue weighted by atomic mass is 79.9. The van der Waals surface area contributed by atoms with Crippen molar-refractivity contribution >= 4 is 73.8 Å². The van der Waals surface area contributed by atoms with Gasteiger partial charge in [0.25, 0.3) is 0 Å². The molecule has 0 radical (unpaired) electrons. The smallest absolute Gasteiger partial charge is 0.435 e. The second-order valence-corrected chi connectivity index (χ2v) is 16.0. The number of carbonyl (C=O) groups excluding carboxylic acids is 2. The third-order valence-electron chi connectivity index (χ3n) is 7.63. The summed E-state index contributed by atoms with van der Waals surface area (Å²) in [4.78, 5) is 40.8. The highest BCUT2D eigenvalue weighted by Gasteiger charge is 2.20. The van der Waals surface area contributed by atoms with Gasteiger partial charge in [-0.2, -0.15) is 24.5 Å². The summed E-state index contributed by atoms with van der Waals surface area (Å²) in [6, 6.07) is 18.9. The molecular formula is C42H46BrClN10O6. The van der Waals surface area contributed by atoms with Crippen molar-refractivity contribution in [3.63, 3.8) is 0 Å². The predicted octanol–water partition coefficient (Wildman–Crippen LogP) is 10.5. The summed E-state index contributed by atoms with van der Waals surface area (Å²) in [6.45, 7) is 13.5. The van der Waals surface area contributed by atoms with E-state index in [-0.39, 0.29) is 5.28 Å². The standard InChI is InChI=1S/C20H18ClN5O3.C19H21N5O2.C3H7BrO/c1-20(2,3)29-19(27)26-11-13(10-22-26)12-4-6-14(7-5-12)23-17-16-15(8-9-28-16)24-18(21)25-17;1-13-20-10-9-17(22-13)23-16-7-5-14(6-8-16)15-11-21-24(12-15)18(25)26-19(2,3)4;1-5-3-2-4/h4-11H,1-3H3,(H,23,24,25);5-12H,1-4H3,(H,20,22,23);2-3H2,1H3. The summed E-state index contributed by atoms with van der Waals surface area (Å²) in [6.07, 6.45) is 8.77. The van der Waals surface area contributed by atoms with Gasteiger partial charge in [0, 0.05) is 59.6 Å². The number of methoxy groups -OCH3 is 1. The Balaban J connectivity index is 0.000000206. The second kappa shape index (κ2) is 20.2. The summed E-state index contributed by atoms with van der Waals surface area (Å²) in [5.74, 6) is 1.93. The van der Waals surface area contributed by atoms with E-state index in [2.05, 4.69) is 61.4 Å². The molecule has 0 aliphatic rings. The van der Waals surface area contributed by atoms with Gasteiger partial charge < -0.3 is 29.3 Å². The van der Waals surface area contributed by atoms with Crippen LogP contribution in [0.15, 0.2) is 102 Å². The molecular weight excluding hydrogens is 856 g/mol. The summed E-state index contributed by atoms with van der Waals surface area (Å²) < 4.78 is 23.1. The van der Waals surface area contributed by atoms with E-state index >= 15 is 0 Å². The number of fused-ring (bicyclic) bond motifs is 1. The van der Waals surface area contributed by atoms with Crippen molar-refractivity contribution in [2.75, 3.05) is 29.7 Å². The Morgan fingerprint density at radius 3 is 1.75 bits per heavy atom. The average molecular weight is 902 g/mol. The van der Waals surface area contributed by atoms with Crippen LogP contribution in [0.1, 0.15) is 47.4 Å². The fourth-order valence-corrected chi connectivity index (χ4v) is 5.56. The lowest BCUT2D eigenvalue weighted by molar-refractivity contribution is 0.0503. The predicted molar refractivity (Wildman–Crippen MR) is 234 cm³/mol. The Morgan fingerprint density at radius 2 is 1.28 bits per heavy atom. The third kappa shape index (κ3) is 13.4. The first-order valence-electron chi connectivity index (χ1n) is 18.6. The van der Waals surface area contributed by atoms with Crippen LogP contribution in [0.5, 0.6) is 0 Å². The van der Waals surface area contributed by atoms with Crippen molar-refractivity contribution in [1.82, 2.24) is 39.5 Å². The summed E-state index contributed by atoms with van der Waals surface area (Å²) in [5, 5.41) is 15.6. The molecule has 7 aromatic rings. The van der Waals surface area contributed by atoms with Gasteiger partial charge in [-0.3, -0.25) is 0 Å². The number of rotatable bonds is 8. The number of halogens is 2. The summed E-state index contributed by atoms with van der Waals surface area (Å²) in [5.41, 5.74) is 5.18. The summed E-state index contributed by atoms with van der Waals surface area (Å²) >= 11 is 9.15. The maximum Gasteiger partial charge on any atom is 0.435 e. The van der Waals surface area contributed by atoms with E-state index in [1.165, 1.54) is 15.6 Å². The number of nitrogens with one attached hydrogen (secondary N) is 2. The van der Waals surface area contributed by atoms with Gasteiger partial charge in [0.05, 0.1) is 25.3 Å². The van der Waals surface area contributed by atoms with Gasteiger partial charge in [0.15, 0.2) is 11.4 Å². The maximum atomic E-state index is 12.1. The first-order chi connectivity index (χ1) is 28.5. The maximum absolute atomic E-state index is 12.1. The van der Waals surface area contributed by atoms with Crippen molar-refractivity contribution in [3.8, 4) is 22.3 Å². The van der Waals surface area contributed by atoms with Gasteiger partial charge in [0.1, 0.15) is 28.4 Å². The number of ether oxygens (including phenoxy) is 3. The van der Waals surface area contributed by atoms with Crippen molar-refractivity contribution in [3.05, 3.63) is 109 Å². The van der Waals surface area contributed by atoms with E-state index in [9.17, 15) is 9.59 Å². The molecule has 2 N–H and O–H groups in total. The van der Waals surface area contributed by atoms with E-state index < -0.39 is 23.4 Å². The van der Waals surface area contributed by atoms with Crippen LogP contribution >= 0.6 is 27.5 Å². The highest BCUT2D eigenvalue weighted by molar-refractivity contribution is 9.09. The first-order valence-corrected chi connectivity index (χ1v) is 20.1. The van der Waals surface area contributed by atoms with Crippen LogP contribution in [-0.2, 0) is 14.2 Å². The molecule has 0 aliphatic heterocycles. The molecule has 5 aromatic heterocycles. The molecule has 0 spiro atoms. The van der Waals surface area contributed by atoms with Crippen molar-refractivity contribution in [1.29, 1.82) is 0 Å². The van der Waals surface area contributed by atoms with Crippen molar-refractivity contribution in [2.45, 2.75) is 59.7 Å². The number of hydrogen-bond acceptors (Lipinski definition) is 14. The van der Waals surface area contributed by atoms with Gasteiger partial charge in [-0.05, 0) is 102 Å². The molecule has 0 saturated heterocycles. The quantitative estimate of drug-likeness (QED) is 0.108. The number of aryl methyl sites for hydroxylation is 1. The monoisotopic (exact) mass is 900 g/mol. The minimum atomic E-state index is -0.584. The molecule has 7 rings (SSSR count). The molecule has 5 heterocycles. The van der Waals surface area contributed by atoms with E-state index in [0.717, 1.165) is 51.4 Å². The Kier molecular flexibility index (Phi) is 15.1. The van der Waals surface area contributed by atoms with Gasteiger partial charge in [-0.1, -0.05) is 40.2 Å². The van der Waals surface area contributed by atoms with Gasteiger partial charge >= 0.3 is 12.2 Å². The van der Waals surface area contributed by atoms with Crippen LogP contribution in [0, 0.1) is 6.92 Å². The fraction of sp³-hybridized carbons (Fsp3) is 0.286. The number of nitrogens with zero attached hydrogens (tertiary/aromatic N) is 8. The number of furan rings is 1. The normalized spacial score (nSPS) is 11.2. The number of benzene rings is 2. The molecule has 0 unspecified atom stereocenters. The minimum Gasteiger partial charge on any atom is -0.459 e. The lowest BCUT2D eigenvalue weighted by Crippen LogP contribution is -2.27. The van der Waals surface area contributed by atoms with Gasteiger partial charge in [-0.15, -0.1) is 0 Å². The third-order valence-corrected chi connectivity index (χ3v) is 8.12. The molecule has 0 atom stereocenters. The van der Waals surface area contributed by atoms with Crippen LogP contribution in [0.3, 0.4) is 0 Å². The Labute approximate surface area is 360 Å². The molecule has 314 valence electrons. The van der Waals surface area contributed by atoms with Crippen LogP contribution in [0.4, 0.5) is 32.6 Å². The van der Waals surface area contributed by atoms with E-state index in [4.69, 9.17) is 25.5 Å². The number of hydrogen-bond donors (Lipinski definition) is 2.